The van der Waals surface area contributed by atoms with Crippen LogP contribution in [0.2, 0.25) is 0 Å². The molecule has 1 saturated carbocycles. The maximum absolute atomic E-state index is 13.2. The van der Waals surface area contributed by atoms with E-state index in [1.165, 1.54) is 4.90 Å². The Morgan fingerprint density at radius 2 is 1.60 bits per heavy atom. The fourth-order valence-corrected chi connectivity index (χ4v) is 4.82. The van der Waals surface area contributed by atoms with Crippen molar-refractivity contribution >= 4 is 23.4 Å². The van der Waals surface area contributed by atoms with Crippen molar-refractivity contribution in [3.63, 3.8) is 0 Å². The first-order valence-electron chi connectivity index (χ1n) is 9.31. The Morgan fingerprint density at radius 3 is 2.28 bits per heavy atom. The molecule has 0 spiro atoms. The molecule has 132 valence electrons. The third-order valence-corrected chi connectivity index (χ3v) is 6.13. The van der Waals surface area contributed by atoms with Crippen LogP contribution in [0, 0.1) is 23.7 Å². The number of fused-ring (bicyclic) bond motifs is 1. The molecular formula is C20H24N2O3. The summed E-state index contributed by atoms with van der Waals surface area (Å²) in [5.41, 5.74) is 0.617. The molecule has 2 heterocycles. The lowest BCUT2D eigenvalue weighted by molar-refractivity contribution is -0.143. The van der Waals surface area contributed by atoms with E-state index in [2.05, 4.69) is 0 Å². The molecule has 4 atom stereocenters. The fraction of sp³-hybridized carbons (Fsp3) is 0.550. The first kappa shape index (κ1) is 16.3. The highest BCUT2D eigenvalue weighted by Crippen LogP contribution is 2.46. The van der Waals surface area contributed by atoms with Gasteiger partial charge in [-0.25, -0.2) is 0 Å². The second-order valence-corrected chi connectivity index (χ2v) is 7.59. The fourth-order valence-electron chi connectivity index (χ4n) is 4.82. The molecule has 0 radical (unpaired) electrons. The van der Waals surface area contributed by atoms with E-state index in [0.717, 1.165) is 32.4 Å². The highest BCUT2D eigenvalue weighted by molar-refractivity contribution is 6.23. The van der Waals surface area contributed by atoms with Crippen LogP contribution in [0.5, 0.6) is 0 Å². The van der Waals surface area contributed by atoms with Crippen LogP contribution in [0.15, 0.2) is 30.3 Å². The summed E-state index contributed by atoms with van der Waals surface area (Å²) in [6.07, 6.45) is 3.60. The number of rotatable bonds is 2. The molecule has 4 rings (SSSR count). The van der Waals surface area contributed by atoms with Crippen LogP contribution in [0.25, 0.3) is 0 Å². The minimum atomic E-state index is -0.496. The normalized spacial score (nSPS) is 32.2. The third kappa shape index (κ3) is 2.57. The number of hydrogen-bond donors (Lipinski definition) is 0. The maximum atomic E-state index is 13.2. The van der Waals surface area contributed by atoms with Gasteiger partial charge in [0.1, 0.15) is 0 Å². The summed E-state index contributed by atoms with van der Waals surface area (Å²) in [5.74, 6) is -1.31. The summed E-state index contributed by atoms with van der Waals surface area (Å²) in [6, 6.07) is 9.09. The molecule has 2 saturated heterocycles. The van der Waals surface area contributed by atoms with E-state index in [0.29, 0.717) is 12.1 Å². The Kier molecular flexibility index (Phi) is 4.10. The third-order valence-electron chi connectivity index (χ3n) is 6.13. The largest absolute Gasteiger partial charge is 0.342 e. The lowest BCUT2D eigenvalue weighted by atomic mass is 9.68. The molecule has 0 aromatic heterocycles. The van der Waals surface area contributed by atoms with Crippen molar-refractivity contribution in [2.45, 2.75) is 32.6 Å². The molecule has 1 aliphatic carbocycles. The monoisotopic (exact) mass is 340 g/mol. The number of amides is 3. The average Bonchev–Trinajstić information content (AvgIpc) is 3.24. The number of likely N-dealkylation sites (tertiary alicyclic amines) is 1. The van der Waals surface area contributed by atoms with Crippen molar-refractivity contribution in [1.29, 1.82) is 0 Å². The van der Waals surface area contributed by atoms with E-state index in [4.69, 9.17) is 0 Å². The van der Waals surface area contributed by atoms with Crippen molar-refractivity contribution in [2.75, 3.05) is 18.0 Å². The summed E-state index contributed by atoms with van der Waals surface area (Å²) < 4.78 is 0. The number of benzene rings is 1. The molecular weight excluding hydrogens is 316 g/mol. The maximum Gasteiger partial charge on any atom is 0.238 e. The minimum absolute atomic E-state index is 0.0791. The van der Waals surface area contributed by atoms with Gasteiger partial charge in [0.05, 0.1) is 23.4 Å². The molecule has 1 aromatic carbocycles. The van der Waals surface area contributed by atoms with E-state index in [9.17, 15) is 14.4 Å². The first-order chi connectivity index (χ1) is 12.1. The van der Waals surface area contributed by atoms with Crippen molar-refractivity contribution in [3.8, 4) is 0 Å². The van der Waals surface area contributed by atoms with Crippen molar-refractivity contribution in [2.24, 2.45) is 23.7 Å². The number of hydrogen-bond acceptors (Lipinski definition) is 3. The Morgan fingerprint density at radius 1 is 0.960 bits per heavy atom. The summed E-state index contributed by atoms with van der Waals surface area (Å²) >= 11 is 0. The smallest absolute Gasteiger partial charge is 0.238 e. The predicted octanol–water partition coefficient (Wildman–Crippen LogP) is 2.46. The molecule has 3 amide bonds. The highest BCUT2D eigenvalue weighted by Gasteiger charge is 2.57. The van der Waals surface area contributed by atoms with Gasteiger partial charge in [-0.05, 0) is 43.7 Å². The molecule has 25 heavy (non-hydrogen) atoms. The van der Waals surface area contributed by atoms with Crippen LogP contribution in [-0.4, -0.2) is 35.7 Å². The van der Waals surface area contributed by atoms with Gasteiger partial charge < -0.3 is 4.90 Å². The number of para-hydroxylation sites is 1. The lowest BCUT2D eigenvalue weighted by Gasteiger charge is -2.35. The molecule has 0 unspecified atom stereocenters. The number of nitrogens with zero attached hydrogens (tertiary/aromatic N) is 2. The molecule has 2 aliphatic heterocycles. The Hall–Kier alpha value is -2.17. The van der Waals surface area contributed by atoms with Gasteiger partial charge in [-0.15, -0.1) is 0 Å². The van der Waals surface area contributed by atoms with E-state index in [1.54, 1.807) is 12.1 Å². The summed E-state index contributed by atoms with van der Waals surface area (Å²) in [6.45, 7) is 3.60. The van der Waals surface area contributed by atoms with E-state index < -0.39 is 5.92 Å². The van der Waals surface area contributed by atoms with Crippen molar-refractivity contribution in [3.05, 3.63) is 30.3 Å². The number of carbonyl (C=O) groups is 3. The van der Waals surface area contributed by atoms with Gasteiger partial charge >= 0.3 is 0 Å². The number of imide groups is 1. The topological polar surface area (TPSA) is 57.7 Å². The van der Waals surface area contributed by atoms with Crippen molar-refractivity contribution in [1.82, 2.24) is 4.90 Å². The van der Waals surface area contributed by atoms with Crippen LogP contribution in [0.4, 0.5) is 5.69 Å². The molecule has 5 nitrogen and oxygen atoms in total. The molecule has 3 fully saturated rings. The van der Waals surface area contributed by atoms with Gasteiger partial charge in [0.25, 0.3) is 0 Å². The quantitative estimate of drug-likeness (QED) is 0.777. The molecule has 1 aromatic rings. The molecule has 3 aliphatic rings. The predicted molar refractivity (Wildman–Crippen MR) is 93.6 cm³/mol. The standard InChI is InChI=1S/C20H24N2O3/c1-13-9-10-15(18(23)21-11-5-6-12-21)17-16(13)19(24)22(20(17)25)14-7-3-2-4-8-14/h2-4,7-8,13,15-17H,5-6,9-12H2,1H3/t13-,15+,16-,17-/m1/s1. The Balaban J connectivity index is 1.67. The number of carbonyl (C=O) groups excluding carboxylic acids is 3. The highest BCUT2D eigenvalue weighted by atomic mass is 16.2. The summed E-state index contributed by atoms with van der Waals surface area (Å²) in [4.78, 5) is 42.4. The van der Waals surface area contributed by atoms with Crippen molar-refractivity contribution < 1.29 is 14.4 Å². The van der Waals surface area contributed by atoms with E-state index in [1.807, 2.05) is 30.0 Å². The van der Waals surface area contributed by atoms with Crippen LogP contribution >= 0.6 is 0 Å². The zero-order chi connectivity index (χ0) is 17.6. The van der Waals surface area contributed by atoms with Gasteiger partial charge in [0.15, 0.2) is 0 Å². The summed E-state index contributed by atoms with van der Waals surface area (Å²) in [7, 11) is 0. The molecule has 0 N–H and O–H groups in total. The van der Waals surface area contributed by atoms with Crippen LogP contribution in [0.3, 0.4) is 0 Å². The second kappa shape index (κ2) is 6.28. The van der Waals surface area contributed by atoms with Crippen LogP contribution in [0.1, 0.15) is 32.6 Å². The summed E-state index contributed by atoms with van der Waals surface area (Å²) in [5, 5.41) is 0. The van der Waals surface area contributed by atoms with Gasteiger partial charge in [0.2, 0.25) is 17.7 Å². The second-order valence-electron chi connectivity index (χ2n) is 7.59. The lowest BCUT2D eigenvalue weighted by Crippen LogP contribution is -2.45. The zero-order valence-electron chi connectivity index (χ0n) is 14.6. The average molecular weight is 340 g/mol. The number of anilines is 1. The van der Waals surface area contributed by atoms with Gasteiger partial charge in [-0.3, -0.25) is 19.3 Å². The SMILES string of the molecule is C[C@@H]1CC[C@H](C(=O)N2CCCC2)[C@H]2C(=O)N(c3ccccc3)C(=O)[C@@H]21. The van der Waals surface area contributed by atoms with Gasteiger partial charge in [-0.2, -0.15) is 0 Å². The zero-order valence-corrected chi connectivity index (χ0v) is 14.6. The van der Waals surface area contributed by atoms with Gasteiger partial charge in [-0.1, -0.05) is 25.1 Å². The van der Waals surface area contributed by atoms with Crippen LogP contribution < -0.4 is 4.90 Å². The Labute approximate surface area is 148 Å². The van der Waals surface area contributed by atoms with E-state index >= 15 is 0 Å². The molecule has 5 heteroatoms. The minimum Gasteiger partial charge on any atom is -0.342 e. The molecule has 0 bridgehead atoms. The van der Waals surface area contributed by atoms with E-state index in [-0.39, 0.29) is 35.5 Å². The van der Waals surface area contributed by atoms with Crippen LogP contribution in [-0.2, 0) is 14.4 Å². The Bertz CT molecular complexity index is 696. The van der Waals surface area contributed by atoms with Gasteiger partial charge in [0, 0.05) is 13.1 Å². The first-order valence-corrected chi connectivity index (χ1v) is 9.31.